The van der Waals surface area contributed by atoms with Crippen LogP contribution >= 0.6 is 0 Å². The molecule has 0 atom stereocenters. The first-order valence-corrected chi connectivity index (χ1v) is 6.66. The van der Waals surface area contributed by atoms with Gasteiger partial charge in [-0.1, -0.05) is 42.5 Å². The first-order valence-electron chi connectivity index (χ1n) is 6.66. The quantitative estimate of drug-likeness (QED) is 0.621. The van der Waals surface area contributed by atoms with E-state index in [0.29, 0.717) is 18.0 Å². The Morgan fingerprint density at radius 2 is 1.76 bits per heavy atom. The molecule has 2 aromatic carbocycles. The lowest BCUT2D eigenvalue weighted by Gasteiger charge is -2.08. The predicted octanol–water partition coefficient (Wildman–Crippen LogP) is 2.28. The van der Waals surface area contributed by atoms with E-state index < -0.39 is 0 Å². The molecule has 2 heterocycles. The average Bonchev–Trinajstić information content (AvgIpc) is 3.04. The molecule has 0 amide bonds. The summed E-state index contributed by atoms with van der Waals surface area (Å²) in [5, 5.41) is 15.2. The molecule has 21 heavy (non-hydrogen) atoms. The molecule has 0 aliphatic carbocycles. The maximum Gasteiger partial charge on any atom is 0.222 e. The number of hydrogen-bond acceptors (Lipinski definition) is 5. The summed E-state index contributed by atoms with van der Waals surface area (Å²) in [6.45, 7) is 0.675. The summed E-state index contributed by atoms with van der Waals surface area (Å²) in [6.07, 6.45) is 0. The highest BCUT2D eigenvalue weighted by Crippen LogP contribution is 2.19. The summed E-state index contributed by atoms with van der Waals surface area (Å²) >= 11 is 0. The molecule has 102 valence electrons. The van der Waals surface area contributed by atoms with Gasteiger partial charge in [0.1, 0.15) is 0 Å². The zero-order chi connectivity index (χ0) is 14.1. The van der Waals surface area contributed by atoms with Crippen LogP contribution in [0.4, 0.5) is 5.82 Å². The van der Waals surface area contributed by atoms with E-state index in [2.05, 4.69) is 38.0 Å². The monoisotopic (exact) mass is 276 g/mol. The van der Waals surface area contributed by atoms with Crippen LogP contribution in [0.1, 0.15) is 5.56 Å². The van der Waals surface area contributed by atoms with Crippen molar-refractivity contribution in [1.29, 1.82) is 0 Å². The van der Waals surface area contributed by atoms with Crippen molar-refractivity contribution >= 4 is 22.5 Å². The topological polar surface area (TPSA) is 68.0 Å². The number of hydrogen-bond donors (Lipinski definition) is 1. The van der Waals surface area contributed by atoms with Gasteiger partial charge in [-0.25, -0.2) is 4.98 Å². The molecule has 6 heteroatoms. The SMILES string of the molecule is c1ccc(CNc2nc3ccccc3n3nnnc23)cc1. The standard InChI is InChI=1S/C15H12N6/c1-2-6-11(7-3-1)10-16-14-15-18-19-20-21(15)13-9-5-4-8-12(13)17-14/h1-9H,10H2,(H,16,17). The van der Waals surface area contributed by atoms with Crippen LogP contribution < -0.4 is 5.32 Å². The number of benzene rings is 2. The maximum absolute atomic E-state index is 4.62. The van der Waals surface area contributed by atoms with Crippen LogP contribution in [0, 0.1) is 0 Å². The van der Waals surface area contributed by atoms with Crippen molar-refractivity contribution < 1.29 is 0 Å². The maximum atomic E-state index is 4.62. The first kappa shape index (κ1) is 11.8. The van der Waals surface area contributed by atoms with E-state index in [1.165, 1.54) is 5.56 Å². The average molecular weight is 276 g/mol. The molecular formula is C15H12N6. The summed E-state index contributed by atoms with van der Waals surface area (Å²) in [7, 11) is 0. The van der Waals surface area contributed by atoms with Gasteiger partial charge in [-0.3, -0.25) is 0 Å². The highest BCUT2D eigenvalue weighted by molar-refractivity contribution is 5.81. The molecular weight excluding hydrogens is 264 g/mol. The van der Waals surface area contributed by atoms with Crippen molar-refractivity contribution in [1.82, 2.24) is 25.0 Å². The van der Waals surface area contributed by atoms with Crippen LogP contribution in [0.15, 0.2) is 54.6 Å². The van der Waals surface area contributed by atoms with E-state index in [-0.39, 0.29) is 0 Å². The predicted molar refractivity (Wildman–Crippen MR) is 79.9 cm³/mol. The Balaban J connectivity index is 1.78. The molecule has 1 N–H and O–H groups in total. The Morgan fingerprint density at radius 3 is 2.67 bits per heavy atom. The fraction of sp³-hybridized carbons (Fsp3) is 0.0667. The number of para-hydroxylation sites is 2. The van der Waals surface area contributed by atoms with Gasteiger partial charge in [-0.15, -0.1) is 5.10 Å². The second kappa shape index (κ2) is 4.82. The van der Waals surface area contributed by atoms with E-state index in [1.54, 1.807) is 4.52 Å². The largest absolute Gasteiger partial charge is 0.363 e. The molecule has 4 aromatic rings. The minimum Gasteiger partial charge on any atom is -0.363 e. The zero-order valence-electron chi connectivity index (χ0n) is 11.1. The number of tetrazole rings is 1. The van der Waals surface area contributed by atoms with Crippen LogP contribution in [0.5, 0.6) is 0 Å². The molecule has 0 spiro atoms. The number of fused-ring (bicyclic) bond motifs is 3. The van der Waals surface area contributed by atoms with Crippen LogP contribution in [0.25, 0.3) is 16.7 Å². The van der Waals surface area contributed by atoms with Gasteiger partial charge in [0, 0.05) is 6.54 Å². The molecule has 2 aromatic heterocycles. The van der Waals surface area contributed by atoms with Crippen LogP contribution in [-0.2, 0) is 6.54 Å². The third kappa shape index (κ3) is 2.06. The Labute approximate surface area is 120 Å². The van der Waals surface area contributed by atoms with Gasteiger partial charge in [0.25, 0.3) is 0 Å². The van der Waals surface area contributed by atoms with Gasteiger partial charge >= 0.3 is 0 Å². The highest BCUT2D eigenvalue weighted by Gasteiger charge is 2.10. The molecule has 0 radical (unpaired) electrons. The highest BCUT2D eigenvalue weighted by atomic mass is 15.5. The van der Waals surface area contributed by atoms with E-state index in [1.807, 2.05) is 42.5 Å². The summed E-state index contributed by atoms with van der Waals surface area (Å²) in [4.78, 5) is 4.62. The van der Waals surface area contributed by atoms with Crippen LogP contribution in [-0.4, -0.2) is 25.0 Å². The van der Waals surface area contributed by atoms with E-state index in [4.69, 9.17) is 0 Å². The number of nitrogens with zero attached hydrogens (tertiary/aromatic N) is 5. The molecule has 0 unspecified atom stereocenters. The minimum atomic E-state index is 0.629. The Kier molecular flexibility index (Phi) is 2.71. The van der Waals surface area contributed by atoms with Crippen molar-refractivity contribution in [3.05, 3.63) is 60.2 Å². The lowest BCUT2D eigenvalue weighted by Crippen LogP contribution is -2.05. The van der Waals surface area contributed by atoms with Crippen molar-refractivity contribution in [3.8, 4) is 0 Å². The molecule has 0 bridgehead atoms. The van der Waals surface area contributed by atoms with Gasteiger partial charge in [-0.2, -0.15) is 4.52 Å². The second-order valence-electron chi connectivity index (χ2n) is 4.70. The summed E-state index contributed by atoms with van der Waals surface area (Å²) in [5.41, 5.74) is 3.55. The van der Waals surface area contributed by atoms with Gasteiger partial charge in [0.05, 0.1) is 11.0 Å². The van der Waals surface area contributed by atoms with Crippen LogP contribution in [0.2, 0.25) is 0 Å². The molecule has 0 fully saturated rings. The number of anilines is 1. The molecule has 0 saturated carbocycles. The summed E-state index contributed by atoms with van der Waals surface area (Å²) in [5.74, 6) is 0.683. The van der Waals surface area contributed by atoms with Crippen molar-refractivity contribution in [2.75, 3.05) is 5.32 Å². The van der Waals surface area contributed by atoms with Gasteiger partial charge in [-0.05, 0) is 28.1 Å². The number of aromatic nitrogens is 5. The van der Waals surface area contributed by atoms with Crippen molar-refractivity contribution in [2.24, 2.45) is 0 Å². The minimum absolute atomic E-state index is 0.629. The molecule has 0 aliphatic rings. The molecule has 0 saturated heterocycles. The normalized spacial score (nSPS) is 11.0. The van der Waals surface area contributed by atoms with Gasteiger partial charge < -0.3 is 5.32 Å². The van der Waals surface area contributed by atoms with Crippen molar-refractivity contribution in [2.45, 2.75) is 6.54 Å². The fourth-order valence-electron chi connectivity index (χ4n) is 2.31. The zero-order valence-corrected chi connectivity index (χ0v) is 11.1. The summed E-state index contributed by atoms with van der Waals surface area (Å²) < 4.78 is 1.70. The van der Waals surface area contributed by atoms with Crippen LogP contribution in [0.3, 0.4) is 0 Å². The Bertz CT molecular complexity index is 900. The van der Waals surface area contributed by atoms with E-state index in [0.717, 1.165) is 11.0 Å². The van der Waals surface area contributed by atoms with Gasteiger partial charge in [0.15, 0.2) is 5.82 Å². The Hall–Kier alpha value is -3.02. The number of nitrogens with one attached hydrogen (secondary N) is 1. The van der Waals surface area contributed by atoms with Crippen molar-refractivity contribution in [3.63, 3.8) is 0 Å². The molecule has 4 rings (SSSR count). The number of rotatable bonds is 3. The lowest BCUT2D eigenvalue weighted by molar-refractivity contribution is 0.840. The molecule has 0 aliphatic heterocycles. The third-order valence-corrected chi connectivity index (χ3v) is 3.33. The lowest BCUT2D eigenvalue weighted by atomic mass is 10.2. The third-order valence-electron chi connectivity index (χ3n) is 3.33. The smallest absolute Gasteiger partial charge is 0.222 e. The van der Waals surface area contributed by atoms with Gasteiger partial charge in [0.2, 0.25) is 5.65 Å². The second-order valence-corrected chi connectivity index (χ2v) is 4.70. The summed E-state index contributed by atoms with van der Waals surface area (Å²) in [6, 6.07) is 17.9. The Morgan fingerprint density at radius 1 is 0.952 bits per heavy atom. The first-order chi connectivity index (χ1) is 10.4. The fourth-order valence-corrected chi connectivity index (χ4v) is 2.31. The molecule has 6 nitrogen and oxygen atoms in total. The van der Waals surface area contributed by atoms with E-state index in [9.17, 15) is 0 Å². The van der Waals surface area contributed by atoms with E-state index >= 15 is 0 Å².